The normalized spacial score (nSPS) is 12.2. The summed E-state index contributed by atoms with van der Waals surface area (Å²) >= 11 is 1.68. The average molecular weight is 345 g/mol. The first-order valence-electron chi connectivity index (χ1n) is 7.71. The molecule has 0 aliphatic carbocycles. The van der Waals surface area contributed by atoms with Gasteiger partial charge in [0.25, 0.3) is 0 Å². The summed E-state index contributed by atoms with van der Waals surface area (Å²) in [5.41, 5.74) is 1.95. The topological polar surface area (TPSA) is 76.3 Å². The average Bonchev–Trinajstić information content (AvgIpc) is 3.16. The number of nitrogens with zero attached hydrogens (tertiary/aromatic N) is 1. The minimum atomic E-state index is -0.401. The number of benzene rings is 1. The molecule has 2 aromatic heterocycles. The van der Waals surface area contributed by atoms with Gasteiger partial charge >= 0.3 is 5.76 Å². The van der Waals surface area contributed by atoms with E-state index in [1.807, 2.05) is 17.5 Å². The van der Waals surface area contributed by atoms with Crippen LogP contribution in [-0.2, 0) is 18.3 Å². The van der Waals surface area contributed by atoms with E-state index in [-0.39, 0.29) is 11.9 Å². The number of carbonyl (C=O) groups is 1. The van der Waals surface area contributed by atoms with E-state index in [1.165, 1.54) is 9.44 Å². The third kappa shape index (κ3) is 3.51. The second kappa shape index (κ2) is 6.92. The molecule has 0 fully saturated rings. The molecule has 6 nitrogen and oxygen atoms in total. The van der Waals surface area contributed by atoms with Gasteiger partial charge in [0.2, 0.25) is 5.91 Å². The van der Waals surface area contributed by atoms with Gasteiger partial charge in [0, 0.05) is 30.2 Å². The summed E-state index contributed by atoms with van der Waals surface area (Å²) in [5, 5.41) is 8.07. The van der Waals surface area contributed by atoms with Crippen LogP contribution in [0, 0.1) is 0 Å². The molecule has 0 spiro atoms. The molecule has 7 heteroatoms. The van der Waals surface area contributed by atoms with Crippen molar-refractivity contribution in [3.63, 3.8) is 0 Å². The maximum Gasteiger partial charge on any atom is 0.419 e. The lowest BCUT2D eigenvalue weighted by Crippen LogP contribution is -2.38. The molecule has 0 aliphatic rings. The second-order valence-electron chi connectivity index (χ2n) is 5.60. The fraction of sp³-hybridized carbons (Fsp3) is 0.294. The summed E-state index contributed by atoms with van der Waals surface area (Å²) in [5.74, 6) is -0.470. The molecule has 3 rings (SSSR count). The Bertz CT molecular complexity index is 896. The van der Waals surface area contributed by atoms with Crippen LogP contribution in [-0.4, -0.2) is 23.1 Å². The summed E-state index contributed by atoms with van der Waals surface area (Å²) in [4.78, 5) is 24.9. The Morgan fingerprint density at radius 1 is 1.38 bits per heavy atom. The molecule has 0 radical (unpaired) electrons. The highest BCUT2D eigenvalue weighted by Crippen LogP contribution is 2.18. The Morgan fingerprint density at radius 2 is 2.21 bits per heavy atom. The van der Waals surface area contributed by atoms with Crippen molar-refractivity contribution in [2.24, 2.45) is 7.05 Å². The molecule has 0 saturated carbocycles. The Hall–Kier alpha value is -2.54. The van der Waals surface area contributed by atoms with Gasteiger partial charge in [-0.15, -0.1) is 11.3 Å². The van der Waals surface area contributed by atoms with E-state index in [0.29, 0.717) is 12.1 Å². The number of amides is 1. The quantitative estimate of drug-likeness (QED) is 0.719. The highest BCUT2D eigenvalue weighted by atomic mass is 32.1. The number of oxazole rings is 1. The molecular formula is C17H19N3O3S. The summed E-state index contributed by atoms with van der Waals surface area (Å²) in [6, 6.07) is 9.02. The number of hydrogen-bond donors (Lipinski definition) is 2. The van der Waals surface area contributed by atoms with Crippen LogP contribution >= 0.6 is 11.3 Å². The van der Waals surface area contributed by atoms with Crippen LogP contribution < -0.4 is 16.4 Å². The zero-order valence-corrected chi connectivity index (χ0v) is 14.4. The lowest BCUT2D eigenvalue weighted by atomic mass is 10.2. The molecule has 3 aromatic rings. The lowest BCUT2D eigenvalue weighted by Gasteiger charge is -2.15. The van der Waals surface area contributed by atoms with Crippen molar-refractivity contribution in [1.29, 1.82) is 0 Å². The highest BCUT2D eigenvalue weighted by molar-refractivity contribution is 7.09. The maximum absolute atomic E-state index is 12.1. The first-order valence-corrected chi connectivity index (χ1v) is 8.59. The van der Waals surface area contributed by atoms with Crippen molar-refractivity contribution in [2.75, 3.05) is 11.9 Å². The fourth-order valence-electron chi connectivity index (χ4n) is 2.46. The van der Waals surface area contributed by atoms with E-state index in [1.54, 1.807) is 37.4 Å². The number of hydrogen-bond acceptors (Lipinski definition) is 5. The molecule has 126 valence electrons. The van der Waals surface area contributed by atoms with E-state index in [0.717, 1.165) is 17.6 Å². The monoisotopic (exact) mass is 345 g/mol. The zero-order valence-electron chi connectivity index (χ0n) is 13.5. The Labute approximate surface area is 143 Å². The highest BCUT2D eigenvalue weighted by Gasteiger charge is 2.13. The van der Waals surface area contributed by atoms with E-state index < -0.39 is 5.76 Å². The summed E-state index contributed by atoms with van der Waals surface area (Å²) in [6.07, 6.45) is 0.831. The Kier molecular flexibility index (Phi) is 4.71. The molecule has 0 aliphatic heterocycles. The molecule has 1 amide bonds. The van der Waals surface area contributed by atoms with Gasteiger partial charge in [-0.3, -0.25) is 9.36 Å². The number of aryl methyl sites for hydroxylation is 1. The molecule has 1 atom stereocenters. The molecular weight excluding hydrogens is 326 g/mol. The number of anilines is 1. The van der Waals surface area contributed by atoms with E-state index in [2.05, 4.69) is 16.7 Å². The van der Waals surface area contributed by atoms with Gasteiger partial charge in [0.1, 0.15) is 6.04 Å². The fourth-order valence-corrected chi connectivity index (χ4v) is 3.16. The molecule has 0 bridgehead atoms. The summed E-state index contributed by atoms with van der Waals surface area (Å²) in [7, 11) is 1.66. The second-order valence-corrected chi connectivity index (χ2v) is 6.63. The number of aromatic nitrogens is 1. The van der Waals surface area contributed by atoms with Gasteiger partial charge in [0.05, 0.1) is 5.52 Å². The van der Waals surface area contributed by atoms with Crippen molar-refractivity contribution < 1.29 is 9.21 Å². The van der Waals surface area contributed by atoms with Gasteiger partial charge in [-0.1, -0.05) is 6.07 Å². The summed E-state index contributed by atoms with van der Waals surface area (Å²) < 4.78 is 6.60. The first-order chi connectivity index (χ1) is 11.5. The van der Waals surface area contributed by atoms with Crippen LogP contribution in [0.25, 0.3) is 11.1 Å². The maximum atomic E-state index is 12.1. The van der Waals surface area contributed by atoms with Gasteiger partial charge in [-0.25, -0.2) is 4.79 Å². The number of thiophene rings is 1. The minimum absolute atomic E-state index is 0.0684. The van der Waals surface area contributed by atoms with Crippen molar-refractivity contribution in [1.82, 2.24) is 9.88 Å². The smallest absolute Gasteiger partial charge is 0.408 e. The van der Waals surface area contributed by atoms with Gasteiger partial charge in [0.15, 0.2) is 5.58 Å². The third-order valence-corrected chi connectivity index (χ3v) is 4.76. The van der Waals surface area contributed by atoms with Crippen LogP contribution in [0.1, 0.15) is 11.8 Å². The van der Waals surface area contributed by atoms with Crippen LogP contribution in [0.5, 0.6) is 0 Å². The number of fused-ring (bicyclic) bond motifs is 1. The van der Waals surface area contributed by atoms with Crippen LogP contribution in [0.4, 0.5) is 5.69 Å². The van der Waals surface area contributed by atoms with Crippen molar-refractivity contribution >= 4 is 34.0 Å². The van der Waals surface area contributed by atoms with Gasteiger partial charge in [-0.05, 0) is 36.9 Å². The zero-order chi connectivity index (χ0) is 17.1. The first kappa shape index (κ1) is 16.3. The van der Waals surface area contributed by atoms with Crippen LogP contribution in [0.3, 0.4) is 0 Å². The van der Waals surface area contributed by atoms with Crippen molar-refractivity contribution in [3.8, 4) is 0 Å². The largest absolute Gasteiger partial charge is 0.419 e. The number of rotatable bonds is 6. The number of nitrogens with one attached hydrogen (secondary N) is 2. The van der Waals surface area contributed by atoms with E-state index >= 15 is 0 Å². The molecule has 24 heavy (non-hydrogen) atoms. The molecule has 2 N–H and O–H groups in total. The lowest BCUT2D eigenvalue weighted by molar-refractivity contribution is -0.121. The predicted molar refractivity (Wildman–Crippen MR) is 95.6 cm³/mol. The number of carbonyl (C=O) groups excluding carboxylic acids is 1. The van der Waals surface area contributed by atoms with E-state index in [9.17, 15) is 9.59 Å². The predicted octanol–water partition coefficient (Wildman–Crippen LogP) is 2.35. The van der Waals surface area contributed by atoms with Crippen molar-refractivity contribution in [2.45, 2.75) is 19.4 Å². The van der Waals surface area contributed by atoms with Crippen molar-refractivity contribution in [3.05, 3.63) is 51.1 Å². The van der Waals surface area contributed by atoms with Crippen LogP contribution in [0.2, 0.25) is 0 Å². The minimum Gasteiger partial charge on any atom is -0.408 e. The summed E-state index contributed by atoms with van der Waals surface area (Å²) in [6.45, 7) is 2.41. The SMILES string of the molecule is CC(Nc1ccc2c(c1)oc(=O)n2C)C(=O)NCCc1cccs1. The van der Waals surface area contributed by atoms with E-state index in [4.69, 9.17) is 4.42 Å². The Balaban J connectivity index is 1.58. The Morgan fingerprint density at radius 3 is 2.96 bits per heavy atom. The van der Waals surface area contributed by atoms with Crippen LogP contribution in [0.15, 0.2) is 44.9 Å². The standard InChI is InChI=1S/C17H19N3O3S/c1-11(16(21)18-8-7-13-4-3-9-24-13)19-12-5-6-14-15(10-12)23-17(22)20(14)2/h3-6,9-11,19H,7-8H2,1-2H3,(H,18,21). The third-order valence-electron chi connectivity index (χ3n) is 3.82. The van der Waals surface area contributed by atoms with Gasteiger partial charge in [-0.2, -0.15) is 0 Å². The molecule has 0 saturated heterocycles. The molecule has 1 aromatic carbocycles. The van der Waals surface area contributed by atoms with Gasteiger partial charge < -0.3 is 15.1 Å². The molecule has 2 heterocycles. The molecule has 1 unspecified atom stereocenters.